The fraction of sp³-hybridized carbons (Fsp3) is 0.308. The van der Waals surface area contributed by atoms with Gasteiger partial charge in [0, 0.05) is 11.4 Å². The lowest BCUT2D eigenvalue weighted by atomic mass is 10.1. The second-order valence-corrected chi connectivity index (χ2v) is 4.00. The lowest BCUT2D eigenvalue weighted by molar-refractivity contribution is -0.120. The Morgan fingerprint density at radius 1 is 1.38 bits per heavy atom. The maximum atomic E-state index is 11.4. The Hall–Kier alpha value is -1.28. The predicted octanol–water partition coefficient (Wildman–Crippen LogP) is 3.64. The number of carbonyl (C=O) groups is 1. The van der Waals surface area contributed by atoms with E-state index in [1.54, 1.807) is 24.3 Å². The van der Waals surface area contributed by atoms with E-state index in [2.05, 4.69) is 6.58 Å². The second kappa shape index (κ2) is 6.33. The van der Waals surface area contributed by atoms with E-state index in [0.29, 0.717) is 17.2 Å². The highest BCUT2D eigenvalue weighted by atomic mass is 35.5. The number of hydrogen-bond donors (Lipinski definition) is 0. The molecule has 0 heterocycles. The summed E-state index contributed by atoms with van der Waals surface area (Å²) in [6.07, 6.45) is 1.22. The number of carbonyl (C=O) groups excluding carboxylic acids is 1. The SMILES string of the molecule is C=C(CC)CC(=O)COc1ccc(Cl)cc1. The lowest BCUT2D eigenvalue weighted by Gasteiger charge is -2.06. The van der Waals surface area contributed by atoms with Crippen molar-refractivity contribution in [3.63, 3.8) is 0 Å². The van der Waals surface area contributed by atoms with Crippen LogP contribution < -0.4 is 4.74 Å². The predicted molar refractivity (Wildman–Crippen MR) is 66.0 cm³/mol. The van der Waals surface area contributed by atoms with Gasteiger partial charge in [0.25, 0.3) is 0 Å². The molecule has 16 heavy (non-hydrogen) atoms. The highest BCUT2D eigenvalue weighted by Crippen LogP contribution is 2.15. The highest BCUT2D eigenvalue weighted by molar-refractivity contribution is 6.30. The largest absolute Gasteiger partial charge is 0.486 e. The summed E-state index contributed by atoms with van der Waals surface area (Å²) in [7, 11) is 0. The molecule has 1 aromatic carbocycles. The molecule has 0 atom stereocenters. The third-order valence-corrected chi connectivity index (χ3v) is 2.41. The van der Waals surface area contributed by atoms with Crippen LogP contribution in [-0.4, -0.2) is 12.4 Å². The van der Waals surface area contributed by atoms with E-state index in [0.717, 1.165) is 12.0 Å². The topological polar surface area (TPSA) is 26.3 Å². The van der Waals surface area contributed by atoms with E-state index in [1.165, 1.54) is 0 Å². The van der Waals surface area contributed by atoms with Crippen LogP contribution in [0.25, 0.3) is 0 Å². The molecule has 3 heteroatoms. The molecule has 0 N–H and O–H groups in total. The first-order chi connectivity index (χ1) is 7.61. The van der Waals surface area contributed by atoms with Gasteiger partial charge >= 0.3 is 0 Å². The Labute approximate surface area is 101 Å². The summed E-state index contributed by atoms with van der Waals surface area (Å²) < 4.78 is 5.32. The fourth-order valence-corrected chi connectivity index (χ4v) is 1.28. The summed E-state index contributed by atoms with van der Waals surface area (Å²) in [4.78, 5) is 11.4. The zero-order chi connectivity index (χ0) is 12.0. The van der Waals surface area contributed by atoms with Gasteiger partial charge in [0.1, 0.15) is 12.4 Å². The number of ketones is 1. The summed E-state index contributed by atoms with van der Waals surface area (Å²) in [5.74, 6) is 0.696. The first-order valence-corrected chi connectivity index (χ1v) is 5.56. The average molecular weight is 239 g/mol. The average Bonchev–Trinajstić information content (AvgIpc) is 2.28. The third kappa shape index (κ3) is 4.49. The van der Waals surface area contributed by atoms with E-state index in [9.17, 15) is 4.79 Å². The minimum Gasteiger partial charge on any atom is -0.486 e. The summed E-state index contributed by atoms with van der Waals surface area (Å²) in [5.41, 5.74) is 0.935. The molecule has 0 amide bonds. The Balaban J connectivity index is 2.37. The Morgan fingerprint density at radius 3 is 2.56 bits per heavy atom. The second-order valence-electron chi connectivity index (χ2n) is 3.56. The van der Waals surface area contributed by atoms with Crippen molar-refractivity contribution in [2.24, 2.45) is 0 Å². The summed E-state index contributed by atoms with van der Waals surface area (Å²) in [6, 6.07) is 6.94. The molecule has 2 nitrogen and oxygen atoms in total. The third-order valence-electron chi connectivity index (χ3n) is 2.16. The molecule has 0 unspecified atom stereocenters. The van der Waals surface area contributed by atoms with Crippen molar-refractivity contribution in [2.75, 3.05) is 6.61 Å². The van der Waals surface area contributed by atoms with Gasteiger partial charge in [-0.2, -0.15) is 0 Å². The zero-order valence-electron chi connectivity index (χ0n) is 9.33. The van der Waals surface area contributed by atoms with Crippen LogP contribution in [0.4, 0.5) is 0 Å². The van der Waals surface area contributed by atoms with Crippen LogP contribution in [0.1, 0.15) is 19.8 Å². The van der Waals surface area contributed by atoms with E-state index in [4.69, 9.17) is 16.3 Å². The van der Waals surface area contributed by atoms with Gasteiger partial charge in [-0.25, -0.2) is 0 Å². The van der Waals surface area contributed by atoms with Gasteiger partial charge in [-0.3, -0.25) is 4.79 Å². The lowest BCUT2D eigenvalue weighted by Crippen LogP contribution is -2.11. The molecule has 0 spiro atoms. The van der Waals surface area contributed by atoms with E-state index >= 15 is 0 Å². The first-order valence-electron chi connectivity index (χ1n) is 5.18. The van der Waals surface area contributed by atoms with Crippen LogP contribution in [0.2, 0.25) is 5.02 Å². The molecule has 0 aliphatic heterocycles. The number of halogens is 1. The number of benzene rings is 1. The van der Waals surface area contributed by atoms with Gasteiger partial charge in [0.05, 0.1) is 0 Å². The van der Waals surface area contributed by atoms with Crippen molar-refractivity contribution in [3.05, 3.63) is 41.4 Å². The first kappa shape index (κ1) is 12.8. The molecule has 0 radical (unpaired) electrons. The van der Waals surface area contributed by atoms with Crippen LogP contribution in [0, 0.1) is 0 Å². The standard InChI is InChI=1S/C13H15ClO2/c1-3-10(2)8-12(15)9-16-13-6-4-11(14)5-7-13/h4-7H,2-3,8-9H2,1H3. The van der Waals surface area contributed by atoms with E-state index in [-0.39, 0.29) is 12.4 Å². The Morgan fingerprint density at radius 2 is 2.00 bits per heavy atom. The van der Waals surface area contributed by atoms with Crippen molar-refractivity contribution in [1.82, 2.24) is 0 Å². The van der Waals surface area contributed by atoms with Crippen molar-refractivity contribution >= 4 is 17.4 Å². The number of Topliss-reactive ketones (excluding diaryl/α,β-unsaturated/α-hetero) is 1. The van der Waals surface area contributed by atoms with Crippen LogP contribution in [0.3, 0.4) is 0 Å². The van der Waals surface area contributed by atoms with Crippen LogP contribution in [0.15, 0.2) is 36.4 Å². The molecule has 1 rings (SSSR count). The Bertz CT molecular complexity index is 368. The molecule has 0 aliphatic rings. The number of rotatable bonds is 6. The maximum absolute atomic E-state index is 11.4. The molecule has 0 saturated carbocycles. The van der Waals surface area contributed by atoms with Crippen molar-refractivity contribution in [3.8, 4) is 5.75 Å². The van der Waals surface area contributed by atoms with Gasteiger partial charge in [-0.1, -0.05) is 30.7 Å². The van der Waals surface area contributed by atoms with Crippen LogP contribution in [-0.2, 0) is 4.79 Å². The minimum atomic E-state index is 0.0433. The molecule has 0 saturated heterocycles. The quantitative estimate of drug-likeness (QED) is 0.708. The molecular weight excluding hydrogens is 224 g/mol. The van der Waals surface area contributed by atoms with Gasteiger partial charge in [-0.05, 0) is 30.7 Å². The molecule has 0 bridgehead atoms. The minimum absolute atomic E-state index is 0.0433. The molecule has 0 fully saturated rings. The monoisotopic (exact) mass is 238 g/mol. The molecule has 86 valence electrons. The van der Waals surface area contributed by atoms with E-state index in [1.807, 2.05) is 6.92 Å². The molecular formula is C13H15ClO2. The van der Waals surface area contributed by atoms with Gasteiger partial charge in [0.15, 0.2) is 5.78 Å². The van der Waals surface area contributed by atoms with Crippen LogP contribution in [0.5, 0.6) is 5.75 Å². The smallest absolute Gasteiger partial charge is 0.174 e. The number of ether oxygens (including phenoxy) is 1. The summed E-state index contributed by atoms with van der Waals surface area (Å²) in [6.45, 7) is 5.85. The number of hydrogen-bond acceptors (Lipinski definition) is 2. The summed E-state index contributed by atoms with van der Waals surface area (Å²) in [5, 5.41) is 0.651. The van der Waals surface area contributed by atoms with E-state index < -0.39 is 0 Å². The summed E-state index contributed by atoms with van der Waals surface area (Å²) >= 11 is 5.73. The van der Waals surface area contributed by atoms with Crippen molar-refractivity contribution in [1.29, 1.82) is 0 Å². The maximum Gasteiger partial charge on any atom is 0.174 e. The number of allylic oxidation sites excluding steroid dienone is 1. The Kier molecular flexibility index (Phi) is 5.06. The van der Waals surface area contributed by atoms with Crippen molar-refractivity contribution < 1.29 is 9.53 Å². The highest BCUT2D eigenvalue weighted by Gasteiger charge is 2.04. The zero-order valence-corrected chi connectivity index (χ0v) is 10.1. The van der Waals surface area contributed by atoms with Gasteiger partial charge < -0.3 is 4.74 Å². The van der Waals surface area contributed by atoms with Crippen LogP contribution >= 0.6 is 11.6 Å². The molecule has 0 aliphatic carbocycles. The normalized spacial score (nSPS) is 9.88. The van der Waals surface area contributed by atoms with Crippen molar-refractivity contribution in [2.45, 2.75) is 19.8 Å². The molecule has 0 aromatic heterocycles. The van der Waals surface area contributed by atoms with Gasteiger partial charge in [0.2, 0.25) is 0 Å². The fourth-order valence-electron chi connectivity index (χ4n) is 1.15. The van der Waals surface area contributed by atoms with Gasteiger partial charge in [-0.15, -0.1) is 0 Å². The molecule has 1 aromatic rings.